The molecule has 1 aliphatic carbocycles. The second kappa shape index (κ2) is 4.70. The van der Waals surface area contributed by atoms with E-state index in [1.807, 2.05) is 0 Å². The van der Waals surface area contributed by atoms with Crippen molar-refractivity contribution in [2.45, 2.75) is 65.4 Å². The highest BCUT2D eigenvalue weighted by molar-refractivity contribution is 5.29. The van der Waals surface area contributed by atoms with Crippen molar-refractivity contribution in [3.8, 4) is 0 Å². The SMILES string of the molecule is Cc1cc(C)cc(CC2(O)CCC(C)(C)CC2)c1. The normalized spacial score (nSPS) is 21.8. The van der Waals surface area contributed by atoms with E-state index in [1.54, 1.807) is 0 Å². The average Bonchev–Trinajstić information content (AvgIpc) is 2.22. The summed E-state index contributed by atoms with van der Waals surface area (Å²) < 4.78 is 0. The van der Waals surface area contributed by atoms with E-state index in [9.17, 15) is 5.11 Å². The maximum Gasteiger partial charge on any atom is 0.0688 e. The van der Waals surface area contributed by atoms with Crippen molar-refractivity contribution in [3.05, 3.63) is 34.9 Å². The minimum absolute atomic E-state index is 0.411. The van der Waals surface area contributed by atoms with E-state index >= 15 is 0 Å². The van der Waals surface area contributed by atoms with Crippen LogP contribution in [-0.4, -0.2) is 10.7 Å². The van der Waals surface area contributed by atoms with Crippen LogP contribution in [0.3, 0.4) is 0 Å². The molecule has 1 heteroatoms. The zero-order valence-electron chi connectivity index (χ0n) is 12.2. The lowest BCUT2D eigenvalue weighted by Crippen LogP contribution is -2.38. The fourth-order valence-corrected chi connectivity index (χ4v) is 3.12. The molecule has 0 heterocycles. The van der Waals surface area contributed by atoms with Gasteiger partial charge in [0.25, 0.3) is 0 Å². The van der Waals surface area contributed by atoms with Crippen LogP contribution in [0.4, 0.5) is 0 Å². The number of hydrogen-bond donors (Lipinski definition) is 1. The molecule has 1 saturated carbocycles. The zero-order chi connectivity index (χ0) is 13.4. The molecule has 1 aliphatic rings. The number of rotatable bonds is 2. The Morgan fingerprint density at radius 3 is 1.94 bits per heavy atom. The van der Waals surface area contributed by atoms with Crippen LogP contribution in [0.25, 0.3) is 0 Å². The first kappa shape index (κ1) is 13.6. The monoisotopic (exact) mass is 246 g/mol. The number of aliphatic hydroxyl groups is 1. The van der Waals surface area contributed by atoms with Crippen molar-refractivity contribution in [1.29, 1.82) is 0 Å². The first-order chi connectivity index (χ1) is 8.28. The number of aryl methyl sites for hydroxylation is 2. The van der Waals surface area contributed by atoms with Gasteiger partial charge in [-0.15, -0.1) is 0 Å². The van der Waals surface area contributed by atoms with Gasteiger partial charge in [0.15, 0.2) is 0 Å². The highest BCUT2D eigenvalue weighted by Gasteiger charge is 2.36. The first-order valence-electron chi connectivity index (χ1n) is 7.08. The molecular weight excluding hydrogens is 220 g/mol. The van der Waals surface area contributed by atoms with Gasteiger partial charge in [0.05, 0.1) is 5.60 Å². The van der Waals surface area contributed by atoms with Gasteiger partial charge in [0.2, 0.25) is 0 Å². The maximum absolute atomic E-state index is 10.7. The average molecular weight is 246 g/mol. The second-order valence-corrected chi connectivity index (χ2v) is 7.06. The number of hydrogen-bond acceptors (Lipinski definition) is 1. The third-order valence-corrected chi connectivity index (χ3v) is 4.35. The lowest BCUT2D eigenvalue weighted by Gasteiger charge is -2.40. The molecule has 1 nitrogen and oxygen atoms in total. The predicted molar refractivity (Wildman–Crippen MR) is 76.8 cm³/mol. The van der Waals surface area contributed by atoms with Gasteiger partial charge in [-0.2, -0.15) is 0 Å². The topological polar surface area (TPSA) is 20.2 Å². The molecule has 1 fully saturated rings. The molecule has 0 aromatic heterocycles. The summed E-state index contributed by atoms with van der Waals surface area (Å²) in [6.45, 7) is 8.88. The van der Waals surface area contributed by atoms with E-state index in [0.29, 0.717) is 5.41 Å². The molecule has 0 bridgehead atoms. The molecule has 18 heavy (non-hydrogen) atoms. The van der Waals surface area contributed by atoms with E-state index in [-0.39, 0.29) is 0 Å². The van der Waals surface area contributed by atoms with Crippen molar-refractivity contribution in [2.75, 3.05) is 0 Å². The Morgan fingerprint density at radius 1 is 0.944 bits per heavy atom. The molecule has 1 aromatic carbocycles. The Kier molecular flexibility index (Phi) is 3.55. The zero-order valence-corrected chi connectivity index (χ0v) is 12.2. The third-order valence-electron chi connectivity index (χ3n) is 4.35. The van der Waals surface area contributed by atoms with Gasteiger partial charge in [-0.1, -0.05) is 43.2 Å². The van der Waals surface area contributed by atoms with Gasteiger partial charge in [0, 0.05) is 6.42 Å². The van der Waals surface area contributed by atoms with Gasteiger partial charge >= 0.3 is 0 Å². The summed E-state index contributed by atoms with van der Waals surface area (Å²) in [5, 5.41) is 10.7. The van der Waals surface area contributed by atoms with Crippen LogP contribution in [0.1, 0.15) is 56.2 Å². The van der Waals surface area contributed by atoms with Gasteiger partial charge in [0.1, 0.15) is 0 Å². The molecule has 0 unspecified atom stereocenters. The lowest BCUT2D eigenvalue weighted by molar-refractivity contribution is -0.0251. The Balaban J connectivity index is 2.09. The summed E-state index contributed by atoms with van der Waals surface area (Å²) >= 11 is 0. The van der Waals surface area contributed by atoms with E-state index in [1.165, 1.54) is 16.7 Å². The van der Waals surface area contributed by atoms with E-state index in [0.717, 1.165) is 32.1 Å². The highest BCUT2D eigenvalue weighted by atomic mass is 16.3. The molecule has 2 rings (SSSR count). The van der Waals surface area contributed by atoms with Gasteiger partial charge < -0.3 is 5.11 Å². The third kappa shape index (κ3) is 3.35. The molecule has 0 aliphatic heterocycles. The van der Waals surface area contributed by atoms with Crippen molar-refractivity contribution < 1.29 is 5.11 Å². The molecule has 100 valence electrons. The van der Waals surface area contributed by atoms with Crippen LogP contribution in [0.2, 0.25) is 0 Å². The summed E-state index contributed by atoms with van der Waals surface area (Å²) in [6.07, 6.45) is 4.95. The predicted octanol–water partition coefficient (Wildman–Crippen LogP) is 4.18. The van der Waals surface area contributed by atoms with Gasteiger partial charge in [-0.05, 0) is 50.5 Å². The smallest absolute Gasteiger partial charge is 0.0688 e. The van der Waals surface area contributed by atoms with Crippen molar-refractivity contribution in [3.63, 3.8) is 0 Å². The molecule has 0 atom stereocenters. The molecule has 1 N–H and O–H groups in total. The molecule has 0 saturated heterocycles. The molecule has 0 amide bonds. The summed E-state index contributed by atoms with van der Waals surface area (Å²) in [4.78, 5) is 0. The minimum Gasteiger partial charge on any atom is -0.390 e. The largest absolute Gasteiger partial charge is 0.390 e. The fourth-order valence-electron chi connectivity index (χ4n) is 3.12. The molecular formula is C17H26O. The van der Waals surface area contributed by atoms with Crippen molar-refractivity contribution in [2.24, 2.45) is 5.41 Å². The van der Waals surface area contributed by atoms with E-state index in [2.05, 4.69) is 45.9 Å². The molecule has 1 aromatic rings. The molecule has 0 spiro atoms. The highest BCUT2D eigenvalue weighted by Crippen LogP contribution is 2.41. The molecule has 0 radical (unpaired) electrons. The Bertz CT molecular complexity index is 401. The van der Waals surface area contributed by atoms with Crippen LogP contribution in [-0.2, 0) is 6.42 Å². The minimum atomic E-state index is -0.476. The number of benzene rings is 1. The van der Waals surface area contributed by atoms with Gasteiger partial charge in [-0.3, -0.25) is 0 Å². The fraction of sp³-hybridized carbons (Fsp3) is 0.647. The van der Waals surface area contributed by atoms with Crippen LogP contribution in [0, 0.1) is 19.3 Å². The lowest BCUT2D eigenvalue weighted by atomic mass is 9.69. The summed E-state index contributed by atoms with van der Waals surface area (Å²) in [6, 6.07) is 6.62. The second-order valence-electron chi connectivity index (χ2n) is 7.06. The Morgan fingerprint density at radius 2 is 1.44 bits per heavy atom. The summed E-state index contributed by atoms with van der Waals surface area (Å²) in [5.41, 5.74) is 3.81. The standard InChI is InChI=1S/C17H26O/c1-13-9-14(2)11-15(10-13)12-17(18)7-5-16(3,4)6-8-17/h9-11,18H,5-8,12H2,1-4H3. The van der Waals surface area contributed by atoms with Crippen LogP contribution in [0.15, 0.2) is 18.2 Å². The Labute approximate surface area is 111 Å². The Hall–Kier alpha value is -0.820. The van der Waals surface area contributed by atoms with Gasteiger partial charge in [-0.25, -0.2) is 0 Å². The van der Waals surface area contributed by atoms with Crippen molar-refractivity contribution >= 4 is 0 Å². The summed E-state index contributed by atoms with van der Waals surface area (Å²) in [5.74, 6) is 0. The van der Waals surface area contributed by atoms with Crippen LogP contribution < -0.4 is 0 Å². The first-order valence-corrected chi connectivity index (χ1v) is 7.08. The van der Waals surface area contributed by atoms with E-state index < -0.39 is 5.60 Å². The van der Waals surface area contributed by atoms with Crippen LogP contribution in [0.5, 0.6) is 0 Å². The van der Waals surface area contributed by atoms with Crippen LogP contribution >= 0.6 is 0 Å². The van der Waals surface area contributed by atoms with E-state index in [4.69, 9.17) is 0 Å². The quantitative estimate of drug-likeness (QED) is 0.830. The maximum atomic E-state index is 10.7. The van der Waals surface area contributed by atoms with Crippen molar-refractivity contribution in [1.82, 2.24) is 0 Å². The summed E-state index contributed by atoms with van der Waals surface area (Å²) in [7, 11) is 0.